The van der Waals surface area contributed by atoms with Gasteiger partial charge in [0.1, 0.15) is 5.41 Å². The van der Waals surface area contributed by atoms with E-state index >= 15 is 0 Å². The van der Waals surface area contributed by atoms with E-state index in [4.69, 9.17) is 5.26 Å². The molecule has 4 heteroatoms. The van der Waals surface area contributed by atoms with Crippen LogP contribution in [0.25, 0.3) is 10.9 Å². The van der Waals surface area contributed by atoms with E-state index in [9.17, 15) is 4.79 Å². The normalized spacial score (nSPS) is 11.3. The zero-order valence-electron chi connectivity index (χ0n) is 11.4. The predicted octanol–water partition coefficient (Wildman–Crippen LogP) is 2.64. The molecule has 0 atom stereocenters. The molecule has 0 bridgehead atoms. The lowest BCUT2D eigenvalue weighted by Gasteiger charge is -2.15. The Hall–Kier alpha value is -2.28. The number of hydrogen-bond acceptors (Lipinski definition) is 2. The van der Waals surface area contributed by atoms with Gasteiger partial charge in [0.15, 0.2) is 0 Å². The number of carbonyl (C=O) groups is 1. The summed E-state index contributed by atoms with van der Waals surface area (Å²) in [4.78, 5) is 15.2. The van der Waals surface area contributed by atoms with Gasteiger partial charge in [0, 0.05) is 23.1 Å². The second kappa shape index (κ2) is 4.77. The first-order valence-electron chi connectivity index (χ1n) is 6.21. The van der Waals surface area contributed by atoms with Crippen LogP contribution in [0.4, 0.5) is 0 Å². The third-order valence-electron chi connectivity index (χ3n) is 3.30. The van der Waals surface area contributed by atoms with Gasteiger partial charge in [0.05, 0.1) is 6.07 Å². The summed E-state index contributed by atoms with van der Waals surface area (Å²) in [5.41, 5.74) is 2.16. The minimum Gasteiger partial charge on any atom is -0.358 e. The number of fused-ring (bicyclic) bond motifs is 1. The van der Waals surface area contributed by atoms with Crippen LogP contribution in [0.1, 0.15) is 25.1 Å². The lowest BCUT2D eigenvalue weighted by atomic mass is 9.94. The average Bonchev–Trinajstić information content (AvgIpc) is 2.71. The van der Waals surface area contributed by atoms with E-state index in [2.05, 4.69) is 10.3 Å². The van der Waals surface area contributed by atoms with Crippen LogP contribution in [0, 0.1) is 23.7 Å². The first kappa shape index (κ1) is 13.2. The SMILES string of the molecule is Cc1[nH]c2ccccc2c1CNC(=O)C(C)(C)C#N. The quantitative estimate of drug-likeness (QED) is 0.885. The summed E-state index contributed by atoms with van der Waals surface area (Å²) in [7, 11) is 0. The Morgan fingerprint density at radius 2 is 2.11 bits per heavy atom. The fourth-order valence-corrected chi connectivity index (χ4v) is 2.00. The van der Waals surface area contributed by atoms with Crippen molar-refractivity contribution in [2.75, 3.05) is 0 Å². The van der Waals surface area contributed by atoms with Gasteiger partial charge in [-0.1, -0.05) is 18.2 Å². The molecule has 0 aliphatic rings. The second-order valence-electron chi connectivity index (χ2n) is 5.19. The number of carbonyl (C=O) groups excluding carboxylic acids is 1. The number of aromatic nitrogens is 1. The van der Waals surface area contributed by atoms with Gasteiger partial charge in [-0.25, -0.2) is 0 Å². The molecule has 0 radical (unpaired) electrons. The predicted molar refractivity (Wildman–Crippen MR) is 74.3 cm³/mol. The van der Waals surface area contributed by atoms with Gasteiger partial charge >= 0.3 is 0 Å². The highest BCUT2D eigenvalue weighted by Gasteiger charge is 2.27. The molecule has 0 aliphatic carbocycles. The molecule has 1 aromatic heterocycles. The highest BCUT2D eigenvalue weighted by Crippen LogP contribution is 2.22. The molecule has 1 amide bonds. The maximum Gasteiger partial charge on any atom is 0.240 e. The number of nitrogens with zero attached hydrogens (tertiary/aromatic N) is 1. The molecule has 0 unspecified atom stereocenters. The molecule has 0 spiro atoms. The van der Waals surface area contributed by atoms with Gasteiger partial charge in [0.2, 0.25) is 5.91 Å². The number of amides is 1. The third-order valence-corrected chi connectivity index (χ3v) is 3.30. The number of hydrogen-bond donors (Lipinski definition) is 2. The smallest absolute Gasteiger partial charge is 0.240 e. The summed E-state index contributed by atoms with van der Waals surface area (Å²) in [6, 6.07) is 9.98. The Labute approximate surface area is 112 Å². The molecule has 19 heavy (non-hydrogen) atoms. The van der Waals surface area contributed by atoms with Crippen LogP contribution in [0.2, 0.25) is 0 Å². The summed E-state index contributed by atoms with van der Waals surface area (Å²) in [5.74, 6) is -0.250. The van der Waals surface area contributed by atoms with Crippen LogP contribution in [0.5, 0.6) is 0 Å². The summed E-state index contributed by atoms with van der Waals surface area (Å²) < 4.78 is 0. The first-order valence-corrected chi connectivity index (χ1v) is 6.21. The van der Waals surface area contributed by atoms with Crippen molar-refractivity contribution in [2.45, 2.75) is 27.3 Å². The molecule has 2 aromatic rings. The molecule has 2 N–H and O–H groups in total. The Balaban J connectivity index is 2.22. The Bertz CT molecular complexity index is 662. The zero-order chi connectivity index (χ0) is 14.0. The van der Waals surface area contributed by atoms with E-state index in [1.165, 1.54) is 0 Å². The molecule has 0 saturated heterocycles. The Morgan fingerprint density at radius 3 is 2.79 bits per heavy atom. The second-order valence-corrected chi connectivity index (χ2v) is 5.19. The number of aromatic amines is 1. The van der Waals surface area contributed by atoms with E-state index in [0.29, 0.717) is 6.54 Å². The van der Waals surface area contributed by atoms with Crippen LogP contribution in [-0.4, -0.2) is 10.9 Å². The minimum atomic E-state index is -1.000. The maximum atomic E-state index is 11.9. The van der Waals surface area contributed by atoms with Crippen LogP contribution >= 0.6 is 0 Å². The molecule has 2 rings (SSSR count). The van der Waals surface area contributed by atoms with Crippen molar-refractivity contribution >= 4 is 16.8 Å². The van der Waals surface area contributed by atoms with Gasteiger partial charge in [-0.2, -0.15) is 5.26 Å². The van der Waals surface area contributed by atoms with Crippen molar-refractivity contribution in [1.82, 2.24) is 10.3 Å². The van der Waals surface area contributed by atoms with Crippen LogP contribution in [-0.2, 0) is 11.3 Å². The molecule has 0 aliphatic heterocycles. The fraction of sp³-hybridized carbons (Fsp3) is 0.333. The standard InChI is InChI=1S/C15H17N3O/c1-10-12(8-17-14(19)15(2,3)9-16)11-6-4-5-7-13(11)18-10/h4-7,18H,8H2,1-3H3,(H,17,19). The van der Waals surface area contributed by atoms with Gasteiger partial charge < -0.3 is 10.3 Å². The van der Waals surface area contributed by atoms with Crippen molar-refractivity contribution in [3.63, 3.8) is 0 Å². The third kappa shape index (κ3) is 2.45. The van der Waals surface area contributed by atoms with Crippen molar-refractivity contribution < 1.29 is 4.79 Å². The number of aryl methyl sites for hydroxylation is 1. The van der Waals surface area contributed by atoms with Crippen molar-refractivity contribution in [3.8, 4) is 6.07 Å². The van der Waals surface area contributed by atoms with Gasteiger partial charge in [0.25, 0.3) is 0 Å². The summed E-state index contributed by atoms with van der Waals surface area (Å²) >= 11 is 0. The largest absolute Gasteiger partial charge is 0.358 e. The number of H-pyrrole nitrogens is 1. The van der Waals surface area contributed by atoms with Crippen molar-refractivity contribution in [1.29, 1.82) is 5.26 Å². The minimum absolute atomic E-state index is 0.250. The highest BCUT2D eigenvalue weighted by atomic mass is 16.2. The van der Waals surface area contributed by atoms with E-state index in [-0.39, 0.29) is 5.91 Å². The summed E-state index contributed by atoms with van der Waals surface area (Å²) in [6.07, 6.45) is 0. The van der Waals surface area contributed by atoms with E-state index in [0.717, 1.165) is 22.2 Å². The zero-order valence-corrected chi connectivity index (χ0v) is 11.4. The number of nitrogens with one attached hydrogen (secondary N) is 2. The average molecular weight is 255 g/mol. The monoisotopic (exact) mass is 255 g/mol. The number of rotatable bonds is 3. The molecule has 0 fully saturated rings. The lowest BCUT2D eigenvalue weighted by Crippen LogP contribution is -2.35. The summed E-state index contributed by atoms with van der Waals surface area (Å²) in [6.45, 7) is 5.64. The molecular weight excluding hydrogens is 238 g/mol. The lowest BCUT2D eigenvalue weighted by molar-refractivity contribution is -0.126. The van der Waals surface area contributed by atoms with Gasteiger partial charge in [-0.15, -0.1) is 0 Å². The van der Waals surface area contributed by atoms with Gasteiger partial charge in [-0.05, 0) is 32.4 Å². The van der Waals surface area contributed by atoms with Gasteiger partial charge in [-0.3, -0.25) is 4.79 Å². The van der Waals surface area contributed by atoms with E-state index in [1.54, 1.807) is 13.8 Å². The van der Waals surface area contributed by atoms with Crippen molar-refractivity contribution in [3.05, 3.63) is 35.5 Å². The van der Waals surface area contributed by atoms with E-state index in [1.807, 2.05) is 37.3 Å². The first-order chi connectivity index (χ1) is 8.95. The van der Waals surface area contributed by atoms with Crippen LogP contribution < -0.4 is 5.32 Å². The molecule has 1 aromatic carbocycles. The molecule has 0 saturated carbocycles. The van der Waals surface area contributed by atoms with Crippen LogP contribution in [0.3, 0.4) is 0 Å². The number of benzene rings is 1. The molecule has 4 nitrogen and oxygen atoms in total. The molecular formula is C15H17N3O. The fourth-order valence-electron chi connectivity index (χ4n) is 2.00. The number of para-hydroxylation sites is 1. The Kier molecular flexibility index (Phi) is 3.30. The molecule has 98 valence electrons. The Morgan fingerprint density at radius 1 is 1.42 bits per heavy atom. The summed E-state index contributed by atoms with van der Waals surface area (Å²) in [5, 5.41) is 12.9. The highest BCUT2D eigenvalue weighted by molar-refractivity contribution is 5.87. The molecule has 1 heterocycles. The topological polar surface area (TPSA) is 68.7 Å². The van der Waals surface area contributed by atoms with Crippen molar-refractivity contribution in [2.24, 2.45) is 5.41 Å². The maximum absolute atomic E-state index is 11.9. The number of nitriles is 1. The van der Waals surface area contributed by atoms with E-state index < -0.39 is 5.41 Å². The van der Waals surface area contributed by atoms with Crippen LogP contribution in [0.15, 0.2) is 24.3 Å².